The largest absolute Gasteiger partial charge is 0.494 e. The molecular weight excluding hydrogens is 258 g/mol. The van der Waals surface area contributed by atoms with E-state index in [1.807, 2.05) is 12.1 Å². The van der Waals surface area contributed by atoms with Crippen LogP contribution in [0.5, 0.6) is 5.75 Å². The normalized spacial score (nSPS) is 18.9. The van der Waals surface area contributed by atoms with Crippen molar-refractivity contribution in [1.82, 2.24) is 10.3 Å². The van der Waals surface area contributed by atoms with Crippen molar-refractivity contribution in [2.45, 2.75) is 25.8 Å². The molecule has 0 saturated carbocycles. The Hall–Kier alpha value is -1.33. The van der Waals surface area contributed by atoms with Crippen LogP contribution in [0.1, 0.15) is 19.8 Å². The molecule has 2 heterocycles. The molecule has 0 aliphatic carbocycles. The summed E-state index contributed by atoms with van der Waals surface area (Å²) in [6.07, 6.45) is 2.20. The highest BCUT2D eigenvalue weighted by Crippen LogP contribution is 2.30. The van der Waals surface area contributed by atoms with Gasteiger partial charge in [0.2, 0.25) is 0 Å². The highest BCUT2D eigenvalue weighted by atomic mass is 32.1. The van der Waals surface area contributed by atoms with Crippen molar-refractivity contribution in [3.05, 3.63) is 18.2 Å². The van der Waals surface area contributed by atoms with Crippen LogP contribution in [-0.4, -0.2) is 30.7 Å². The number of aromatic nitrogens is 1. The van der Waals surface area contributed by atoms with Crippen molar-refractivity contribution >= 4 is 26.7 Å². The van der Waals surface area contributed by atoms with Crippen LogP contribution in [0.2, 0.25) is 0 Å². The Morgan fingerprint density at radius 3 is 3.26 bits per heavy atom. The Kier molecular flexibility index (Phi) is 3.84. The summed E-state index contributed by atoms with van der Waals surface area (Å²) in [5.74, 6) is 0.937. The Morgan fingerprint density at radius 1 is 1.53 bits per heavy atom. The monoisotopic (exact) mass is 277 g/mol. The predicted molar refractivity (Wildman–Crippen MR) is 80.3 cm³/mol. The average Bonchev–Trinajstić information content (AvgIpc) is 3.04. The standard InChI is InChI=1S/C14H19N3OS/c1-2-7-18-11-3-4-12-13(8-11)19-14(17-12)16-10-5-6-15-9-10/h3-4,8,10,15H,2,5-7,9H2,1H3,(H,16,17). The van der Waals surface area contributed by atoms with Crippen molar-refractivity contribution in [2.75, 3.05) is 25.0 Å². The van der Waals surface area contributed by atoms with Gasteiger partial charge in [0.15, 0.2) is 5.13 Å². The van der Waals surface area contributed by atoms with Gasteiger partial charge in [-0.25, -0.2) is 4.98 Å². The van der Waals surface area contributed by atoms with E-state index in [4.69, 9.17) is 4.74 Å². The minimum Gasteiger partial charge on any atom is -0.494 e. The molecule has 2 aromatic rings. The van der Waals surface area contributed by atoms with Crippen molar-refractivity contribution in [3.63, 3.8) is 0 Å². The molecule has 1 unspecified atom stereocenters. The van der Waals surface area contributed by atoms with Gasteiger partial charge in [-0.2, -0.15) is 0 Å². The number of hydrogen-bond acceptors (Lipinski definition) is 5. The van der Waals surface area contributed by atoms with Gasteiger partial charge in [0.25, 0.3) is 0 Å². The Balaban J connectivity index is 1.75. The van der Waals surface area contributed by atoms with Crippen molar-refractivity contribution in [2.24, 2.45) is 0 Å². The molecule has 1 aliphatic rings. The summed E-state index contributed by atoms with van der Waals surface area (Å²) in [5.41, 5.74) is 1.04. The molecule has 0 spiro atoms. The molecular formula is C14H19N3OS. The molecule has 102 valence electrons. The highest BCUT2D eigenvalue weighted by molar-refractivity contribution is 7.22. The van der Waals surface area contributed by atoms with Crippen molar-refractivity contribution < 1.29 is 4.74 Å². The third kappa shape index (κ3) is 2.98. The smallest absolute Gasteiger partial charge is 0.184 e. The number of fused-ring (bicyclic) bond motifs is 1. The van der Waals surface area contributed by atoms with Gasteiger partial charge in [0, 0.05) is 12.6 Å². The van der Waals surface area contributed by atoms with Crippen LogP contribution in [-0.2, 0) is 0 Å². The minimum absolute atomic E-state index is 0.511. The molecule has 2 N–H and O–H groups in total. The number of anilines is 1. The molecule has 0 bridgehead atoms. The van der Waals surface area contributed by atoms with Crippen LogP contribution in [0.3, 0.4) is 0 Å². The van der Waals surface area contributed by atoms with E-state index in [1.165, 1.54) is 11.1 Å². The minimum atomic E-state index is 0.511. The second kappa shape index (κ2) is 5.75. The summed E-state index contributed by atoms with van der Waals surface area (Å²) in [6.45, 7) is 5.00. The summed E-state index contributed by atoms with van der Waals surface area (Å²) < 4.78 is 6.84. The third-order valence-electron chi connectivity index (χ3n) is 3.22. The van der Waals surface area contributed by atoms with E-state index in [1.54, 1.807) is 11.3 Å². The van der Waals surface area contributed by atoms with E-state index in [2.05, 4.69) is 28.6 Å². The zero-order valence-corrected chi connectivity index (χ0v) is 11.9. The van der Waals surface area contributed by atoms with Crippen molar-refractivity contribution in [3.8, 4) is 5.75 Å². The van der Waals surface area contributed by atoms with Gasteiger partial charge in [-0.15, -0.1) is 0 Å². The maximum atomic E-state index is 5.65. The van der Waals surface area contributed by atoms with Crippen LogP contribution in [0, 0.1) is 0 Å². The lowest BCUT2D eigenvalue weighted by Gasteiger charge is -2.08. The fraction of sp³-hybridized carbons (Fsp3) is 0.500. The lowest BCUT2D eigenvalue weighted by molar-refractivity contribution is 0.318. The van der Waals surface area contributed by atoms with Crippen molar-refractivity contribution in [1.29, 1.82) is 0 Å². The molecule has 5 heteroatoms. The van der Waals surface area contributed by atoms with Gasteiger partial charge in [0.05, 0.1) is 16.8 Å². The SMILES string of the molecule is CCCOc1ccc2nc(NC3CCNC3)sc2c1. The van der Waals surface area contributed by atoms with Gasteiger partial charge >= 0.3 is 0 Å². The molecule has 19 heavy (non-hydrogen) atoms. The Morgan fingerprint density at radius 2 is 2.47 bits per heavy atom. The van der Waals surface area contributed by atoms with Crippen LogP contribution < -0.4 is 15.4 Å². The molecule has 0 amide bonds. The van der Waals surface area contributed by atoms with Gasteiger partial charge in [-0.05, 0) is 37.6 Å². The van der Waals surface area contributed by atoms with Gasteiger partial charge in [0.1, 0.15) is 5.75 Å². The molecule has 1 aromatic heterocycles. The van der Waals surface area contributed by atoms with Crippen LogP contribution >= 0.6 is 11.3 Å². The molecule has 1 fully saturated rings. The fourth-order valence-corrected chi connectivity index (χ4v) is 3.20. The number of benzene rings is 1. The molecule has 1 saturated heterocycles. The number of hydrogen-bond donors (Lipinski definition) is 2. The molecule has 4 nitrogen and oxygen atoms in total. The maximum Gasteiger partial charge on any atom is 0.184 e. The number of nitrogens with zero attached hydrogens (tertiary/aromatic N) is 1. The van der Waals surface area contributed by atoms with Crippen LogP contribution in [0.25, 0.3) is 10.2 Å². The summed E-state index contributed by atoms with van der Waals surface area (Å²) >= 11 is 1.70. The lowest BCUT2D eigenvalue weighted by Crippen LogP contribution is -2.21. The molecule has 1 aromatic carbocycles. The summed E-state index contributed by atoms with van der Waals surface area (Å²) in [5, 5.41) is 7.86. The first-order valence-corrected chi connectivity index (χ1v) is 7.67. The number of thiazole rings is 1. The van der Waals surface area contributed by atoms with E-state index in [-0.39, 0.29) is 0 Å². The zero-order chi connectivity index (χ0) is 13.1. The molecule has 0 radical (unpaired) electrons. The number of ether oxygens (including phenoxy) is 1. The summed E-state index contributed by atoms with van der Waals surface area (Å²) in [7, 11) is 0. The van der Waals surface area contributed by atoms with E-state index in [0.717, 1.165) is 42.5 Å². The van der Waals surface area contributed by atoms with E-state index in [0.29, 0.717) is 6.04 Å². The zero-order valence-electron chi connectivity index (χ0n) is 11.1. The first kappa shape index (κ1) is 12.7. The van der Waals surface area contributed by atoms with Gasteiger partial charge in [-0.3, -0.25) is 0 Å². The Bertz CT molecular complexity index is 549. The number of rotatable bonds is 5. The third-order valence-corrected chi connectivity index (χ3v) is 4.17. The predicted octanol–water partition coefficient (Wildman–Crippen LogP) is 2.86. The second-order valence-corrected chi connectivity index (χ2v) is 5.86. The van der Waals surface area contributed by atoms with E-state index in [9.17, 15) is 0 Å². The van der Waals surface area contributed by atoms with E-state index < -0.39 is 0 Å². The first-order chi connectivity index (χ1) is 9.35. The Labute approximate surface area is 117 Å². The average molecular weight is 277 g/mol. The number of nitrogens with one attached hydrogen (secondary N) is 2. The van der Waals surface area contributed by atoms with Crippen LogP contribution in [0.4, 0.5) is 5.13 Å². The van der Waals surface area contributed by atoms with Crippen LogP contribution in [0.15, 0.2) is 18.2 Å². The summed E-state index contributed by atoms with van der Waals surface area (Å²) in [6, 6.07) is 6.63. The molecule has 3 rings (SSSR count). The lowest BCUT2D eigenvalue weighted by atomic mass is 10.3. The van der Waals surface area contributed by atoms with E-state index >= 15 is 0 Å². The summed E-state index contributed by atoms with van der Waals surface area (Å²) in [4.78, 5) is 4.62. The maximum absolute atomic E-state index is 5.65. The highest BCUT2D eigenvalue weighted by Gasteiger charge is 2.15. The van der Waals surface area contributed by atoms with Gasteiger partial charge < -0.3 is 15.4 Å². The quantitative estimate of drug-likeness (QED) is 0.882. The fourth-order valence-electron chi connectivity index (χ4n) is 2.23. The topological polar surface area (TPSA) is 46.2 Å². The first-order valence-electron chi connectivity index (χ1n) is 6.86. The molecule has 1 aliphatic heterocycles. The van der Waals surface area contributed by atoms with Gasteiger partial charge in [-0.1, -0.05) is 18.3 Å². The second-order valence-electron chi connectivity index (χ2n) is 4.83. The molecule has 1 atom stereocenters.